The van der Waals surface area contributed by atoms with Crippen molar-refractivity contribution in [1.82, 2.24) is 9.88 Å². The average molecular weight is 399 g/mol. The smallest absolute Gasteiger partial charge is 0.272 e. The molecule has 0 aliphatic carbocycles. The van der Waals surface area contributed by atoms with Crippen LogP contribution in [0.25, 0.3) is 0 Å². The highest BCUT2D eigenvalue weighted by Gasteiger charge is 2.24. The number of benzene rings is 1. The minimum atomic E-state index is 0.0181. The molecule has 0 radical (unpaired) electrons. The van der Waals surface area contributed by atoms with E-state index in [1.807, 2.05) is 41.4 Å². The largest absolute Gasteiger partial charge is 0.370 e. The summed E-state index contributed by atoms with van der Waals surface area (Å²) in [6.45, 7) is 7.44. The standard InChI is InChI=1S/C22H27ClN4O/c1-17-7-9-25(10-8-17)20-5-6-21(24-16-20)22(28)27-13-11-26(12-14-27)19-4-2-3-18(23)15-19/h2-6,15-17H,7-14H2,1H3. The number of rotatable bonds is 3. The summed E-state index contributed by atoms with van der Waals surface area (Å²) >= 11 is 6.10. The molecule has 28 heavy (non-hydrogen) atoms. The maximum atomic E-state index is 12.8. The monoisotopic (exact) mass is 398 g/mol. The van der Waals surface area contributed by atoms with Gasteiger partial charge in [-0.15, -0.1) is 0 Å². The molecule has 0 N–H and O–H groups in total. The Balaban J connectivity index is 1.35. The third kappa shape index (κ3) is 4.25. The van der Waals surface area contributed by atoms with E-state index in [1.54, 1.807) is 0 Å². The summed E-state index contributed by atoms with van der Waals surface area (Å²) in [7, 11) is 0. The fraction of sp³-hybridized carbons (Fsp3) is 0.455. The van der Waals surface area contributed by atoms with Crippen molar-refractivity contribution in [2.24, 2.45) is 5.92 Å². The van der Waals surface area contributed by atoms with E-state index < -0.39 is 0 Å². The lowest BCUT2D eigenvalue weighted by atomic mass is 9.99. The molecule has 0 bridgehead atoms. The molecule has 1 aromatic carbocycles. The number of nitrogens with zero attached hydrogens (tertiary/aromatic N) is 4. The van der Waals surface area contributed by atoms with Crippen molar-refractivity contribution >= 4 is 28.9 Å². The van der Waals surface area contributed by atoms with Crippen molar-refractivity contribution in [1.29, 1.82) is 0 Å². The van der Waals surface area contributed by atoms with Crippen LogP contribution in [0.5, 0.6) is 0 Å². The molecule has 2 aromatic rings. The zero-order valence-corrected chi connectivity index (χ0v) is 17.1. The fourth-order valence-electron chi connectivity index (χ4n) is 3.97. The second-order valence-corrected chi connectivity index (χ2v) is 8.27. The number of piperazine rings is 1. The molecule has 0 unspecified atom stereocenters. The molecule has 5 nitrogen and oxygen atoms in total. The lowest BCUT2D eigenvalue weighted by Crippen LogP contribution is -2.49. The van der Waals surface area contributed by atoms with Gasteiger partial charge in [-0.3, -0.25) is 4.79 Å². The number of pyridine rings is 1. The Hall–Kier alpha value is -2.27. The van der Waals surface area contributed by atoms with E-state index in [-0.39, 0.29) is 5.91 Å². The number of aromatic nitrogens is 1. The maximum Gasteiger partial charge on any atom is 0.272 e. The maximum absolute atomic E-state index is 12.8. The van der Waals surface area contributed by atoms with E-state index in [4.69, 9.17) is 11.6 Å². The Labute approximate surface area is 171 Å². The van der Waals surface area contributed by atoms with Gasteiger partial charge in [-0.2, -0.15) is 0 Å². The van der Waals surface area contributed by atoms with E-state index in [1.165, 1.54) is 12.8 Å². The van der Waals surface area contributed by atoms with E-state index in [0.717, 1.165) is 48.5 Å². The predicted octanol–water partition coefficient (Wildman–Crippen LogP) is 3.93. The zero-order chi connectivity index (χ0) is 19.5. The molecule has 2 saturated heterocycles. The number of carbonyl (C=O) groups is 1. The van der Waals surface area contributed by atoms with Crippen LogP contribution in [0.1, 0.15) is 30.3 Å². The number of piperidine rings is 1. The van der Waals surface area contributed by atoms with E-state index >= 15 is 0 Å². The highest BCUT2D eigenvalue weighted by Crippen LogP contribution is 2.23. The molecule has 6 heteroatoms. The van der Waals surface area contributed by atoms with Crippen LogP contribution in [0.2, 0.25) is 5.02 Å². The third-order valence-electron chi connectivity index (χ3n) is 5.86. The van der Waals surface area contributed by atoms with Crippen molar-refractivity contribution in [2.45, 2.75) is 19.8 Å². The highest BCUT2D eigenvalue weighted by atomic mass is 35.5. The molecular weight excluding hydrogens is 372 g/mol. The minimum absolute atomic E-state index is 0.0181. The van der Waals surface area contributed by atoms with Gasteiger partial charge in [0.25, 0.3) is 5.91 Å². The van der Waals surface area contributed by atoms with Gasteiger partial charge >= 0.3 is 0 Å². The van der Waals surface area contributed by atoms with Gasteiger partial charge in [0.05, 0.1) is 11.9 Å². The summed E-state index contributed by atoms with van der Waals surface area (Å²) in [6.07, 6.45) is 4.29. The quantitative estimate of drug-likeness (QED) is 0.785. The molecule has 0 saturated carbocycles. The summed E-state index contributed by atoms with van der Waals surface area (Å²) < 4.78 is 0. The number of amides is 1. The fourth-order valence-corrected chi connectivity index (χ4v) is 4.15. The van der Waals surface area contributed by atoms with Gasteiger partial charge in [0, 0.05) is 50.0 Å². The average Bonchev–Trinajstić information content (AvgIpc) is 2.74. The van der Waals surface area contributed by atoms with E-state index in [2.05, 4.69) is 27.8 Å². The first-order chi connectivity index (χ1) is 13.6. The second kappa shape index (κ2) is 8.39. The molecule has 148 valence electrons. The Morgan fingerprint density at radius 2 is 1.68 bits per heavy atom. The van der Waals surface area contributed by atoms with Gasteiger partial charge in [-0.1, -0.05) is 24.6 Å². The van der Waals surface area contributed by atoms with Crippen LogP contribution in [0, 0.1) is 5.92 Å². The van der Waals surface area contributed by atoms with Crippen LogP contribution in [0.4, 0.5) is 11.4 Å². The zero-order valence-electron chi connectivity index (χ0n) is 16.4. The van der Waals surface area contributed by atoms with Crippen molar-refractivity contribution in [3.63, 3.8) is 0 Å². The van der Waals surface area contributed by atoms with Crippen LogP contribution < -0.4 is 9.80 Å². The summed E-state index contributed by atoms with van der Waals surface area (Å²) in [5, 5.41) is 0.739. The molecule has 1 amide bonds. The molecular formula is C22H27ClN4O. The van der Waals surface area contributed by atoms with Crippen LogP contribution in [-0.2, 0) is 0 Å². The minimum Gasteiger partial charge on any atom is -0.370 e. The van der Waals surface area contributed by atoms with E-state index in [0.29, 0.717) is 18.8 Å². The van der Waals surface area contributed by atoms with E-state index in [9.17, 15) is 4.79 Å². The topological polar surface area (TPSA) is 39.7 Å². The van der Waals surface area contributed by atoms with Crippen molar-refractivity contribution in [3.05, 3.63) is 53.3 Å². The molecule has 0 atom stereocenters. The first-order valence-corrected chi connectivity index (χ1v) is 10.5. The molecule has 1 aromatic heterocycles. The SMILES string of the molecule is CC1CCN(c2ccc(C(=O)N3CCN(c4cccc(Cl)c4)CC3)nc2)CC1. The summed E-state index contributed by atoms with van der Waals surface area (Å²) in [4.78, 5) is 23.8. The normalized spacial score (nSPS) is 18.4. The van der Waals surface area contributed by atoms with Gasteiger partial charge in [0.2, 0.25) is 0 Å². The number of halogens is 1. The number of carbonyl (C=O) groups excluding carboxylic acids is 1. The van der Waals surface area contributed by atoms with Gasteiger partial charge in [-0.25, -0.2) is 4.98 Å². The number of hydrogen-bond donors (Lipinski definition) is 0. The molecule has 2 aliphatic heterocycles. The van der Waals surface area contributed by atoms with Gasteiger partial charge in [0.1, 0.15) is 5.69 Å². The first kappa shape index (κ1) is 19.1. The molecule has 4 rings (SSSR count). The van der Waals surface area contributed by atoms with Crippen LogP contribution in [0.15, 0.2) is 42.6 Å². The second-order valence-electron chi connectivity index (χ2n) is 7.83. The van der Waals surface area contributed by atoms with Gasteiger partial charge in [0.15, 0.2) is 0 Å². The van der Waals surface area contributed by atoms with Crippen LogP contribution in [-0.4, -0.2) is 55.1 Å². The molecule has 0 spiro atoms. The Kier molecular flexibility index (Phi) is 5.72. The van der Waals surface area contributed by atoms with Crippen molar-refractivity contribution in [3.8, 4) is 0 Å². The molecule has 3 heterocycles. The summed E-state index contributed by atoms with van der Waals surface area (Å²) in [5.74, 6) is 0.820. The van der Waals surface area contributed by atoms with Gasteiger partial charge < -0.3 is 14.7 Å². The van der Waals surface area contributed by atoms with Crippen molar-refractivity contribution in [2.75, 3.05) is 49.1 Å². The first-order valence-electron chi connectivity index (χ1n) is 10.1. The highest BCUT2D eigenvalue weighted by molar-refractivity contribution is 6.30. The van der Waals surface area contributed by atoms with Crippen LogP contribution in [0.3, 0.4) is 0 Å². The Morgan fingerprint density at radius 3 is 2.32 bits per heavy atom. The molecule has 2 aliphatic rings. The van der Waals surface area contributed by atoms with Gasteiger partial charge in [-0.05, 0) is 49.1 Å². The molecule has 2 fully saturated rings. The third-order valence-corrected chi connectivity index (χ3v) is 6.09. The van der Waals surface area contributed by atoms with Crippen LogP contribution >= 0.6 is 11.6 Å². The summed E-state index contributed by atoms with van der Waals surface area (Å²) in [5.41, 5.74) is 2.76. The lowest BCUT2D eigenvalue weighted by Gasteiger charge is -2.36. The number of hydrogen-bond acceptors (Lipinski definition) is 4. The Bertz CT molecular complexity index is 810. The number of anilines is 2. The lowest BCUT2D eigenvalue weighted by molar-refractivity contribution is 0.0741. The predicted molar refractivity (Wildman–Crippen MR) is 114 cm³/mol. The van der Waals surface area contributed by atoms with Crippen molar-refractivity contribution < 1.29 is 4.79 Å². The summed E-state index contributed by atoms with van der Waals surface area (Å²) in [6, 6.07) is 11.8. The Morgan fingerprint density at radius 1 is 0.964 bits per heavy atom.